The maximum absolute atomic E-state index is 8.73. The van der Waals surface area contributed by atoms with Crippen LogP contribution in [0, 0.1) is 5.41 Å². The molecule has 20 heavy (non-hydrogen) atoms. The molecule has 0 amide bonds. The summed E-state index contributed by atoms with van der Waals surface area (Å²) in [4.78, 5) is 2.08. The molecule has 0 unspecified atom stereocenters. The van der Waals surface area contributed by atoms with Crippen LogP contribution in [0.4, 0.5) is 11.4 Å². The highest BCUT2D eigenvalue weighted by molar-refractivity contribution is 5.85. The molecule has 0 heterocycles. The molecule has 0 aliphatic heterocycles. The predicted molar refractivity (Wildman–Crippen MR) is 85.7 cm³/mol. The predicted octanol–water partition coefficient (Wildman–Crippen LogP) is 2.72. The van der Waals surface area contributed by atoms with Crippen molar-refractivity contribution >= 4 is 17.2 Å². The SMILES string of the molecule is CN(C)c1cccc(NCCCC(C)(C)/C(N)=N/O)c1. The summed E-state index contributed by atoms with van der Waals surface area (Å²) >= 11 is 0. The van der Waals surface area contributed by atoms with Crippen LogP contribution in [0.1, 0.15) is 26.7 Å². The molecule has 1 aromatic carbocycles. The van der Waals surface area contributed by atoms with Gasteiger partial charge in [-0.15, -0.1) is 0 Å². The van der Waals surface area contributed by atoms with Crippen molar-refractivity contribution < 1.29 is 5.21 Å². The first-order chi connectivity index (χ1) is 9.36. The summed E-state index contributed by atoms with van der Waals surface area (Å²) in [6, 6.07) is 8.29. The Morgan fingerprint density at radius 3 is 2.70 bits per heavy atom. The molecule has 0 bridgehead atoms. The van der Waals surface area contributed by atoms with E-state index >= 15 is 0 Å². The molecule has 0 radical (unpaired) electrons. The number of amidine groups is 1. The molecule has 4 N–H and O–H groups in total. The lowest BCUT2D eigenvalue weighted by Gasteiger charge is -2.22. The number of nitrogens with zero attached hydrogens (tertiary/aromatic N) is 2. The summed E-state index contributed by atoms with van der Waals surface area (Å²) in [7, 11) is 4.05. The third kappa shape index (κ3) is 4.64. The van der Waals surface area contributed by atoms with E-state index in [1.165, 1.54) is 5.69 Å². The molecule has 0 atom stereocenters. The average Bonchev–Trinajstić information content (AvgIpc) is 2.43. The van der Waals surface area contributed by atoms with Crippen molar-refractivity contribution in [3.8, 4) is 0 Å². The van der Waals surface area contributed by atoms with E-state index in [-0.39, 0.29) is 11.3 Å². The fraction of sp³-hybridized carbons (Fsp3) is 0.533. The second-order valence-corrected chi connectivity index (χ2v) is 5.84. The summed E-state index contributed by atoms with van der Waals surface area (Å²) in [6.07, 6.45) is 1.82. The molecule has 5 heteroatoms. The smallest absolute Gasteiger partial charge is 0.144 e. The minimum Gasteiger partial charge on any atom is -0.409 e. The average molecular weight is 278 g/mol. The molecule has 0 aliphatic carbocycles. The minimum absolute atomic E-state index is 0.276. The van der Waals surface area contributed by atoms with Crippen molar-refractivity contribution in [3.05, 3.63) is 24.3 Å². The van der Waals surface area contributed by atoms with Crippen molar-refractivity contribution in [1.29, 1.82) is 0 Å². The molecule has 1 rings (SSSR count). The molecule has 112 valence electrons. The Labute approximate surface area is 121 Å². The third-order valence-corrected chi connectivity index (χ3v) is 3.47. The van der Waals surface area contributed by atoms with Gasteiger partial charge >= 0.3 is 0 Å². The highest BCUT2D eigenvalue weighted by Gasteiger charge is 2.22. The van der Waals surface area contributed by atoms with Gasteiger partial charge in [0.05, 0.1) is 0 Å². The second kappa shape index (κ2) is 7.03. The lowest BCUT2D eigenvalue weighted by atomic mass is 9.86. The van der Waals surface area contributed by atoms with Gasteiger partial charge in [-0.2, -0.15) is 0 Å². The highest BCUT2D eigenvalue weighted by atomic mass is 16.4. The first kappa shape index (κ1) is 16.1. The summed E-state index contributed by atoms with van der Waals surface area (Å²) < 4.78 is 0. The Morgan fingerprint density at radius 1 is 1.40 bits per heavy atom. The number of benzene rings is 1. The van der Waals surface area contributed by atoms with Gasteiger partial charge in [0.2, 0.25) is 0 Å². The van der Waals surface area contributed by atoms with Gasteiger partial charge in [0.15, 0.2) is 0 Å². The van der Waals surface area contributed by atoms with Gasteiger partial charge in [-0.3, -0.25) is 0 Å². The summed E-state index contributed by atoms with van der Waals surface area (Å²) in [5.74, 6) is 0.284. The van der Waals surface area contributed by atoms with E-state index < -0.39 is 0 Å². The van der Waals surface area contributed by atoms with Crippen LogP contribution in [0.3, 0.4) is 0 Å². The Bertz CT molecular complexity index is 455. The van der Waals surface area contributed by atoms with Crippen molar-refractivity contribution in [2.24, 2.45) is 16.3 Å². The number of rotatable bonds is 7. The van der Waals surface area contributed by atoms with E-state index in [4.69, 9.17) is 10.9 Å². The molecule has 0 aromatic heterocycles. The minimum atomic E-state index is -0.276. The van der Waals surface area contributed by atoms with Gasteiger partial charge in [-0.1, -0.05) is 25.1 Å². The zero-order valence-electron chi connectivity index (χ0n) is 12.8. The maximum Gasteiger partial charge on any atom is 0.144 e. The highest BCUT2D eigenvalue weighted by Crippen LogP contribution is 2.23. The van der Waals surface area contributed by atoms with Crippen LogP contribution in [-0.4, -0.2) is 31.7 Å². The van der Waals surface area contributed by atoms with Crippen LogP contribution in [-0.2, 0) is 0 Å². The van der Waals surface area contributed by atoms with Crippen molar-refractivity contribution in [2.45, 2.75) is 26.7 Å². The van der Waals surface area contributed by atoms with Crippen LogP contribution in [0.15, 0.2) is 29.4 Å². The molecule has 0 saturated carbocycles. The van der Waals surface area contributed by atoms with Crippen molar-refractivity contribution in [3.63, 3.8) is 0 Å². The maximum atomic E-state index is 8.73. The lowest BCUT2D eigenvalue weighted by Crippen LogP contribution is -2.32. The van der Waals surface area contributed by atoms with Gasteiger partial charge in [0.25, 0.3) is 0 Å². The number of nitrogens with one attached hydrogen (secondary N) is 1. The summed E-state index contributed by atoms with van der Waals surface area (Å²) in [5, 5.41) is 15.2. The number of hydrogen-bond donors (Lipinski definition) is 3. The molecule has 1 aromatic rings. The molecule has 0 spiro atoms. The fourth-order valence-corrected chi connectivity index (χ4v) is 1.92. The third-order valence-electron chi connectivity index (χ3n) is 3.47. The van der Waals surface area contributed by atoms with Crippen LogP contribution < -0.4 is 16.0 Å². The number of hydrogen-bond acceptors (Lipinski definition) is 4. The number of nitrogens with two attached hydrogens (primary N) is 1. The Morgan fingerprint density at radius 2 is 2.10 bits per heavy atom. The molecule has 0 aliphatic rings. The molecular weight excluding hydrogens is 252 g/mol. The van der Waals surface area contributed by atoms with Crippen molar-refractivity contribution in [2.75, 3.05) is 30.9 Å². The first-order valence-corrected chi connectivity index (χ1v) is 6.86. The fourth-order valence-electron chi connectivity index (χ4n) is 1.92. The lowest BCUT2D eigenvalue weighted by molar-refractivity contribution is 0.305. The molecule has 0 fully saturated rings. The monoisotopic (exact) mass is 278 g/mol. The quantitative estimate of drug-likeness (QED) is 0.236. The van der Waals surface area contributed by atoms with Gasteiger partial charge in [0.1, 0.15) is 5.84 Å². The van der Waals surface area contributed by atoms with Crippen LogP contribution in [0.5, 0.6) is 0 Å². The summed E-state index contributed by atoms with van der Waals surface area (Å²) in [6.45, 7) is 4.82. The van der Waals surface area contributed by atoms with Gasteiger partial charge in [0, 0.05) is 37.4 Å². The van der Waals surface area contributed by atoms with Crippen LogP contribution >= 0.6 is 0 Å². The summed E-state index contributed by atoms with van der Waals surface area (Å²) in [5.41, 5.74) is 7.68. The Hall–Kier alpha value is -1.91. The first-order valence-electron chi connectivity index (χ1n) is 6.86. The van der Waals surface area contributed by atoms with E-state index in [0.29, 0.717) is 0 Å². The molecule has 5 nitrogen and oxygen atoms in total. The zero-order chi connectivity index (χ0) is 15.2. The number of oxime groups is 1. The zero-order valence-corrected chi connectivity index (χ0v) is 12.8. The van der Waals surface area contributed by atoms with Crippen LogP contribution in [0.25, 0.3) is 0 Å². The van der Waals surface area contributed by atoms with Gasteiger partial charge in [-0.05, 0) is 31.0 Å². The Kier molecular flexibility index (Phi) is 5.67. The van der Waals surface area contributed by atoms with E-state index in [1.807, 2.05) is 34.0 Å². The Balaban J connectivity index is 2.44. The number of anilines is 2. The van der Waals surface area contributed by atoms with E-state index in [0.717, 1.165) is 25.1 Å². The van der Waals surface area contributed by atoms with E-state index in [9.17, 15) is 0 Å². The van der Waals surface area contributed by atoms with E-state index in [1.54, 1.807) is 0 Å². The van der Waals surface area contributed by atoms with Crippen molar-refractivity contribution in [1.82, 2.24) is 0 Å². The van der Waals surface area contributed by atoms with Gasteiger partial charge in [-0.25, -0.2) is 0 Å². The standard InChI is InChI=1S/C15H26N4O/c1-15(2,14(16)18-20)9-6-10-17-12-7-5-8-13(11-12)19(3)4/h5,7-8,11,17,20H,6,9-10H2,1-4H3,(H2,16,18). The second-order valence-electron chi connectivity index (χ2n) is 5.84. The molecule has 0 saturated heterocycles. The van der Waals surface area contributed by atoms with Crippen LogP contribution in [0.2, 0.25) is 0 Å². The molecular formula is C15H26N4O. The largest absolute Gasteiger partial charge is 0.409 e. The topological polar surface area (TPSA) is 73.9 Å². The normalized spacial score (nSPS) is 12.3. The van der Waals surface area contributed by atoms with E-state index in [2.05, 4.69) is 33.6 Å². The van der Waals surface area contributed by atoms with Gasteiger partial charge < -0.3 is 21.2 Å².